The fourth-order valence-electron chi connectivity index (χ4n) is 1.81. The second-order valence-electron chi connectivity index (χ2n) is 5.02. The van der Waals surface area contributed by atoms with Crippen molar-refractivity contribution < 1.29 is 9.18 Å². The van der Waals surface area contributed by atoms with Gasteiger partial charge in [0.15, 0.2) is 0 Å². The molecule has 6 heteroatoms. The molecule has 0 saturated carbocycles. The lowest BCUT2D eigenvalue weighted by Gasteiger charge is -2.11. The molecule has 1 atom stereocenters. The Hall–Kier alpha value is -2.50. The molecule has 2 aromatic rings. The molecule has 0 fully saturated rings. The Morgan fingerprint density at radius 2 is 2.09 bits per heavy atom. The molecular weight excluding hydrogens is 283 g/mol. The number of nitrogens with one attached hydrogen (secondary N) is 2. The zero-order chi connectivity index (χ0) is 15.9. The maximum atomic E-state index is 13.5. The minimum Gasteiger partial charge on any atom is -0.366 e. The topological polar surface area (TPSA) is 66.9 Å². The number of nitrogens with zero attached hydrogens (tertiary/aromatic N) is 2. The van der Waals surface area contributed by atoms with E-state index in [1.807, 2.05) is 13.8 Å². The van der Waals surface area contributed by atoms with Crippen molar-refractivity contribution in [3.05, 3.63) is 53.7 Å². The van der Waals surface area contributed by atoms with Gasteiger partial charge in [0, 0.05) is 24.2 Å². The number of amides is 1. The van der Waals surface area contributed by atoms with Crippen LogP contribution in [0.4, 0.5) is 10.2 Å². The number of anilines is 1. The van der Waals surface area contributed by atoms with Gasteiger partial charge in [0.1, 0.15) is 23.7 Å². The number of hydrogen-bond donors (Lipinski definition) is 2. The minimum atomic E-state index is -0.279. The molecule has 1 amide bonds. The van der Waals surface area contributed by atoms with Gasteiger partial charge in [-0.05, 0) is 19.4 Å². The molecule has 2 N–H and O–H groups in total. The van der Waals surface area contributed by atoms with Crippen LogP contribution < -0.4 is 10.6 Å². The number of carbonyl (C=O) groups excluding carboxylic acids is 1. The number of hydrogen-bond acceptors (Lipinski definition) is 4. The SMILES string of the molecule is CCC(C)NC(=O)c1cc(NCc2ccccc2F)ncn1. The van der Waals surface area contributed by atoms with Crippen LogP contribution in [0.25, 0.3) is 0 Å². The number of benzene rings is 1. The molecule has 0 aliphatic heterocycles. The normalized spacial score (nSPS) is 11.8. The molecule has 0 bridgehead atoms. The molecule has 1 heterocycles. The molecule has 0 spiro atoms. The summed E-state index contributed by atoms with van der Waals surface area (Å²) in [6.07, 6.45) is 2.16. The quantitative estimate of drug-likeness (QED) is 0.861. The van der Waals surface area contributed by atoms with Crippen molar-refractivity contribution >= 4 is 11.7 Å². The van der Waals surface area contributed by atoms with Gasteiger partial charge in [-0.2, -0.15) is 0 Å². The van der Waals surface area contributed by atoms with E-state index in [2.05, 4.69) is 20.6 Å². The Morgan fingerprint density at radius 3 is 2.82 bits per heavy atom. The first-order chi connectivity index (χ1) is 10.6. The summed E-state index contributed by atoms with van der Waals surface area (Å²) >= 11 is 0. The zero-order valence-corrected chi connectivity index (χ0v) is 12.6. The van der Waals surface area contributed by atoms with Crippen LogP contribution >= 0.6 is 0 Å². The maximum absolute atomic E-state index is 13.5. The smallest absolute Gasteiger partial charge is 0.270 e. The molecule has 1 aromatic heterocycles. The van der Waals surface area contributed by atoms with E-state index in [1.54, 1.807) is 24.3 Å². The van der Waals surface area contributed by atoms with E-state index in [-0.39, 0.29) is 30.0 Å². The highest BCUT2D eigenvalue weighted by Crippen LogP contribution is 2.10. The predicted octanol–water partition coefficient (Wildman–Crippen LogP) is 2.76. The summed E-state index contributed by atoms with van der Waals surface area (Å²) in [5.41, 5.74) is 0.818. The third-order valence-electron chi connectivity index (χ3n) is 3.31. The van der Waals surface area contributed by atoms with Crippen LogP contribution in [-0.2, 0) is 6.54 Å². The summed E-state index contributed by atoms with van der Waals surface area (Å²) in [6, 6.07) is 8.14. The van der Waals surface area contributed by atoms with Crippen LogP contribution in [0, 0.1) is 5.82 Å². The molecule has 1 aromatic carbocycles. The van der Waals surface area contributed by atoms with E-state index < -0.39 is 0 Å². The Kier molecular flexibility index (Phi) is 5.41. The summed E-state index contributed by atoms with van der Waals surface area (Å²) in [4.78, 5) is 20.0. The molecule has 116 valence electrons. The third kappa shape index (κ3) is 4.25. The van der Waals surface area contributed by atoms with Gasteiger partial charge >= 0.3 is 0 Å². The molecule has 0 radical (unpaired) electrons. The fourth-order valence-corrected chi connectivity index (χ4v) is 1.81. The summed E-state index contributed by atoms with van der Waals surface area (Å²) in [7, 11) is 0. The molecule has 0 saturated heterocycles. The van der Waals surface area contributed by atoms with Gasteiger partial charge in [-0.15, -0.1) is 0 Å². The Bertz CT molecular complexity index is 648. The standard InChI is InChI=1S/C16H19FN4O/c1-3-11(2)21-16(22)14-8-15(20-10-19-14)18-9-12-6-4-5-7-13(12)17/h4-8,10-11H,3,9H2,1-2H3,(H,21,22)(H,18,19,20). The highest BCUT2D eigenvalue weighted by molar-refractivity contribution is 5.93. The second kappa shape index (κ2) is 7.49. The van der Waals surface area contributed by atoms with Crippen LogP contribution in [0.3, 0.4) is 0 Å². The number of carbonyl (C=O) groups is 1. The van der Waals surface area contributed by atoms with Crippen LogP contribution in [0.2, 0.25) is 0 Å². The monoisotopic (exact) mass is 302 g/mol. The van der Waals surface area contributed by atoms with E-state index in [1.165, 1.54) is 12.4 Å². The molecular formula is C16H19FN4O. The van der Waals surface area contributed by atoms with Crippen molar-refractivity contribution in [3.8, 4) is 0 Å². The van der Waals surface area contributed by atoms with Crippen molar-refractivity contribution in [1.82, 2.24) is 15.3 Å². The summed E-state index contributed by atoms with van der Waals surface area (Å²) in [6.45, 7) is 4.21. The average Bonchev–Trinajstić information content (AvgIpc) is 2.54. The summed E-state index contributed by atoms with van der Waals surface area (Å²) in [5.74, 6) is -0.0444. The molecule has 0 aliphatic carbocycles. The van der Waals surface area contributed by atoms with E-state index in [4.69, 9.17) is 0 Å². The first-order valence-electron chi connectivity index (χ1n) is 7.20. The van der Waals surface area contributed by atoms with Crippen LogP contribution in [-0.4, -0.2) is 21.9 Å². The van der Waals surface area contributed by atoms with Crippen molar-refractivity contribution in [2.24, 2.45) is 0 Å². The first kappa shape index (κ1) is 15.9. The van der Waals surface area contributed by atoms with E-state index >= 15 is 0 Å². The zero-order valence-electron chi connectivity index (χ0n) is 12.6. The third-order valence-corrected chi connectivity index (χ3v) is 3.31. The number of halogens is 1. The van der Waals surface area contributed by atoms with E-state index in [0.717, 1.165) is 6.42 Å². The van der Waals surface area contributed by atoms with Gasteiger partial charge in [-0.25, -0.2) is 14.4 Å². The van der Waals surface area contributed by atoms with Crippen LogP contribution in [0.1, 0.15) is 36.3 Å². The van der Waals surface area contributed by atoms with Crippen molar-refractivity contribution in [1.29, 1.82) is 0 Å². The van der Waals surface area contributed by atoms with Gasteiger partial charge < -0.3 is 10.6 Å². The summed E-state index contributed by atoms with van der Waals surface area (Å²) in [5, 5.41) is 5.83. The molecule has 22 heavy (non-hydrogen) atoms. The van der Waals surface area contributed by atoms with Gasteiger partial charge in [0.05, 0.1) is 0 Å². The van der Waals surface area contributed by atoms with Crippen molar-refractivity contribution in [3.63, 3.8) is 0 Å². The van der Waals surface area contributed by atoms with Gasteiger partial charge in [0.2, 0.25) is 0 Å². The van der Waals surface area contributed by atoms with Crippen molar-refractivity contribution in [2.45, 2.75) is 32.9 Å². The second-order valence-corrected chi connectivity index (χ2v) is 5.02. The van der Waals surface area contributed by atoms with Crippen LogP contribution in [0.5, 0.6) is 0 Å². The first-order valence-corrected chi connectivity index (χ1v) is 7.20. The Labute approximate surface area is 129 Å². The Balaban J connectivity index is 2.02. The lowest BCUT2D eigenvalue weighted by Crippen LogP contribution is -2.32. The number of rotatable bonds is 6. The minimum absolute atomic E-state index is 0.0808. The molecule has 0 aliphatic rings. The van der Waals surface area contributed by atoms with Crippen LogP contribution in [0.15, 0.2) is 36.7 Å². The largest absolute Gasteiger partial charge is 0.366 e. The van der Waals surface area contributed by atoms with E-state index in [9.17, 15) is 9.18 Å². The lowest BCUT2D eigenvalue weighted by atomic mass is 10.2. The summed E-state index contributed by atoms with van der Waals surface area (Å²) < 4.78 is 13.5. The van der Waals surface area contributed by atoms with Gasteiger partial charge in [-0.3, -0.25) is 4.79 Å². The predicted molar refractivity (Wildman–Crippen MR) is 83.0 cm³/mol. The highest BCUT2D eigenvalue weighted by Gasteiger charge is 2.11. The number of aromatic nitrogens is 2. The van der Waals surface area contributed by atoms with Gasteiger partial charge in [-0.1, -0.05) is 25.1 Å². The average molecular weight is 302 g/mol. The highest BCUT2D eigenvalue weighted by atomic mass is 19.1. The van der Waals surface area contributed by atoms with Crippen molar-refractivity contribution in [2.75, 3.05) is 5.32 Å². The molecule has 5 nitrogen and oxygen atoms in total. The molecule has 2 rings (SSSR count). The lowest BCUT2D eigenvalue weighted by molar-refractivity contribution is 0.0934. The maximum Gasteiger partial charge on any atom is 0.270 e. The Morgan fingerprint density at radius 1 is 1.32 bits per heavy atom. The van der Waals surface area contributed by atoms with E-state index in [0.29, 0.717) is 11.4 Å². The van der Waals surface area contributed by atoms with Gasteiger partial charge in [0.25, 0.3) is 5.91 Å². The molecule has 1 unspecified atom stereocenters. The fraction of sp³-hybridized carbons (Fsp3) is 0.312.